The number of likely N-dealkylation sites (tertiary alicyclic amines) is 1. The molecule has 2 aliphatic rings. The van der Waals surface area contributed by atoms with E-state index in [1.54, 1.807) is 6.92 Å². The van der Waals surface area contributed by atoms with E-state index >= 15 is 0 Å². The molecule has 0 N–H and O–H groups in total. The zero-order valence-corrected chi connectivity index (χ0v) is 13.1. The Bertz CT molecular complexity index is 561. The molecule has 2 fully saturated rings. The number of ether oxygens (including phenoxy) is 3. The zero-order chi connectivity index (χ0) is 16.2. The van der Waals surface area contributed by atoms with Crippen LogP contribution in [-0.4, -0.2) is 48.9 Å². The third-order valence-electron chi connectivity index (χ3n) is 4.35. The van der Waals surface area contributed by atoms with Crippen molar-refractivity contribution in [1.29, 1.82) is 0 Å². The maximum absolute atomic E-state index is 12.4. The Morgan fingerprint density at radius 1 is 1.26 bits per heavy atom. The van der Waals surface area contributed by atoms with Crippen LogP contribution in [0.25, 0.3) is 0 Å². The second kappa shape index (κ2) is 7.00. The largest absolute Gasteiger partial charge is 0.464 e. The van der Waals surface area contributed by atoms with Crippen LogP contribution in [0.3, 0.4) is 0 Å². The van der Waals surface area contributed by atoms with Gasteiger partial charge in [0.05, 0.1) is 19.3 Å². The lowest BCUT2D eigenvalue weighted by Gasteiger charge is -2.24. The fourth-order valence-corrected chi connectivity index (χ4v) is 3.27. The van der Waals surface area contributed by atoms with Crippen LogP contribution in [0.15, 0.2) is 30.3 Å². The van der Waals surface area contributed by atoms with Crippen molar-refractivity contribution in [2.45, 2.75) is 32.1 Å². The van der Waals surface area contributed by atoms with Gasteiger partial charge in [-0.2, -0.15) is 0 Å². The molecule has 0 saturated carbocycles. The Balaban J connectivity index is 1.66. The van der Waals surface area contributed by atoms with Crippen LogP contribution in [0, 0.1) is 5.92 Å². The monoisotopic (exact) mass is 319 g/mol. The molecule has 23 heavy (non-hydrogen) atoms. The standard InChI is InChI=1S/C17H21NO5/c1-2-21-16(19)15-13-8-9-22-14(13)10-18(15)17(20)23-11-12-6-4-3-5-7-12/h3-7,13-15H,2,8-11H2,1H3. The molecule has 1 aromatic rings. The van der Waals surface area contributed by atoms with Gasteiger partial charge in [0.15, 0.2) is 0 Å². The van der Waals surface area contributed by atoms with Gasteiger partial charge in [-0.25, -0.2) is 9.59 Å². The smallest absolute Gasteiger partial charge is 0.410 e. The molecule has 124 valence electrons. The van der Waals surface area contributed by atoms with E-state index in [-0.39, 0.29) is 24.6 Å². The molecule has 1 aromatic carbocycles. The van der Waals surface area contributed by atoms with Crippen molar-refractivity contribution in [3.05, 3.63) is 35.9 Å². The van der Waals surface area contributed by atoms with E-state index < -0.39 is 12.1 Å². The van der Waals surface area contributed by atoms with Crippen LogP contribution < -0.4 is 0 Å². The predicted octanol–water partition coefficient (Wildman–Crippen LogP) is 1.98. The van der Waals surface area contributed by atoms with Crippen molar-refractivity contribution in [2.75, 3.05) is 19.8 Å². The summed E-state index contributed by atoms with van der Waals surface area (Å²) < 4.78 is 16.1. The summed E-state index contributed by atoms with van der Waals surface area (Å²) in [6.45, 7) is 3.23. The van der Waals surface area contributed by atoms with Gasteiger partial charge in [-0.15, -0.1) is 0 Å². The maximum Gasteiger partial charge on any atom is 0.410 e. The highest BCUT2D eigenvalue weighted by molar-refractivity contribution is 5.82. The quantitative estimate of drug-likeness (QED) is 0.794. The van der Waals surface area contributed by atoms with Gasteiger partial charge in [0.2, 0.25) is 0 Å². The first-order valence-electron chi connectivity index (χ1n) is 7.96. The average molecular weight is 319 g/mol. The lowest BCUT2D eigenvalue weighted by Crippen LogP contribution is -2.44. The molecule has 0 aliphatic carbocycles. The zero-order valence-electron chi connectivity index (χ0n) is 13.1. The second-order valence-electron chi connectivity index (χ2n) is 5.75. The van der Waals surface area contributed by atoms with Gasteiger partial charge in [0.25, 0.3) is 0 Å². The van der Waals surface area contributed by atoms with Crippen LogP contribution in [0.4, 0.5) is 4.79 Å². The van der Waals surface area contributed by atoms with Gasteiger partial charge in [0.1, 0.15) is 12.6 Å². The highest BCUT2D eigenvalue weighted by Crippen LogP contribution is 2.35. The van der Waals surface area contributed by atoms with E-state index in [1.807, 2.05) is 30.3 Å². The topological polar surface area (TPSA) is 65.1 Å². The highest BCUT2D eigenvalue weighted by Gasteiger charge is 2.51. The van der Waals surface area contributed by atoms with Crippen molar-refractivity contribution in [2.24, 2.45) is 5.92 Å². The molecule has 0 bridgehead atoms. The first kappa shape index (κ1) is 15.8. The summed E-state index contributed by atoms with van der Waals surface area (Å²) in [5, 5.41) is 0. The Morgan fingerprint density at radius 3 is 2.78 bits per heavy atom. The van der Waals surface area contributed by atoms with E-state index in [0.717, 1.165) is 12.0 Å². The van der Waals surface area contributed by atoms with Crippen molar-refractivity contribution >= 4 is 12.1 Å². The first-order chi connectivity index (χ1) is 11.2. The van der Waals surface area contributed by atoms with E-state index in [1.165, 1.54) is 4.90 Å². The molecular formula is C17H21NO5. The van der Waals surface area contributed by atoms with Gasteiger partial charge in [-0.1, -0.05) is 30.3 Å². The molecule has 0 aromatic heterocycles. The summed E-state index contributed by atoms with van der Waals surface area (Å²) in [4.78, 5) is 26.1. The number of rotatable bonds is 4. The molecular weight excluding hydrogens is 298 g/mol. The molecule has 3 unspecified atom stereocenters. The molecule has 2 heterocycles. The summed E-state index contributed by atoms with van der Waals surface area (Å²) in [7, 11) is 0. The number of benzene rings is 1. The van der Waals surface area contributed by atoms with Crippen molar-refractivity contribution in [3.63, 3.8) is 0 Å². The minimum Gasteiger partial charge on any atom is -0.464 e. The van der Waals surface area contributed by atoms with Crippen LogP contribution >= 0.6 is 0 Å². The number of hydrogen-bond donors (Lipinski definition) is 0. The summed E-state index contributed by atoms with van der Waals surface area (Å²) in [5.74, 6) is -0.375. The number of fused-ring (bicyclic) bond motifs is 1. The fraction of sp³-hybridized carbons (Fsp3) is 0.529. The van der Waals surface area contributed by atoms with Crippen molar-refractivity contribution < 1.29 is 23.8 Å². The van der Waals surface area contributed by atoms with Crippen LogP contribution in [0.2, 0.25) is 0 Å². The Labute approximate surface area is 135 Å². The second-order valence-corrected chi connectivity index (χ2v) is 5.75. The average Bonchev–Trinajstić information content (AvgIpc) is 3.14. The number of carbonyl (C=O) groups is 2. The third kappa shape index (κ3) is 3.32. The molecule has 1 amide bonds. The fourth-order valence-electron chi connectivity index (χ4n) is 3.27. The first-order valence-corrected chi connectivity index (χ1v) is 7.96. The maximum atomic E-state index is 12.4. The van der Waals surface area contributed by atoms with Gasteiger partial charge in [-0.3, -0.25) is 4.90 Å². The molecule has 3 atom stereocenters. The van der Waals surface area contributed by atoms with Gasteiger partial charge < -0.3 is 14.2 Å². The molecule has 3 rings (SSSR count). The minimum atomic E-state index is -0.606. The van der Waals surface area contributed by atoms with E-state index in [0.29, 0.717) is 19.8 Å². The lowest BCUT2D eigenvalue weighted by atomic mass is 9.97. The normalized spacial score (nSPS) is 26.0. The predicted molar refractivity (Wildman–Crippen MR) is 81.6 cm³/mol. The number of esters is 1. The molecule has 2 aliphatic heterocycles. The van der Waals surface area contributed by atoms with Gasteiger partial charge in [-0.05, 0) is 18.9 Å². The molecule has 6 heteroatoms. The molecule has 6 nitrogen and oxygen atoms in total. The Kier molecular flexibility index (Phi) is 4.81. The molecule has 2 saturated heterocycles. The SMILES string of the molecule is CCOC(=O)C1C2CCOC2CN1C(=O)OCc1ccccc1. The number of nitrogens with zero attached hydrogens (tertiary/aromatic N) is 1. The summed E-state index contributed by atoms with van der Waals surface area (Å²) in [5.41, 5.74) is 0.907. The third-order valence-corrected chi connectivity index (χ3v) is 4.35. The molecule has 0 spiro atoms. The van der Waals surface area contributed by atoms with Crippen molar-refractivity contribution in [1.82, 2.24) is 4.90 Å². The number of amides is 1. The Hall–Kier alpha value is -2.08. The van der Waals surface area contributed by atoms with Gasteiger partial charge >= 0.3 is 12.1 Å². The van der Waals surface area contributed by atoms with Gasteiger partial charge in [0, 0.05) is 12.5 Å². The summed E-state index contributed by atoms with van der Waals surface area (Å²) in [6, 6.07) is 8.85. The van der Waals surface area contributed by atoms with Crippen molar-refractivity contribution in [3.8, 4) is 0 Å². The van der Waals surface area contributed by atoms with E-state index in [9.17, 15) is 9.59 Å². The Morgan fingerprint density at radius 2 is 2.04 bits per heavy atom. The summed E-state index contributed by atoms with van der Waals surface area (Å²) >= 11 is 0. The summed E-state index contributed by atoms with van der Waals surface area (Å²) in [6.07, 6.45) is 0.162. The van der Waals surface area contributed by atoms with Crippen LogP contribution in [-0.2, 0) is 25.6 Å². The lowest BCUT2D eigenvalue weighted by molar-refractivity contribution is -0.149. The highest BCUT2D eigenvalue weighted by atomic mass is 16.6. The number of carbonyl (C=O) groups excluding carboxylic acids is 2. The van der Waals surface area contributed by atoms with Crippen LogP contribution in [0.5, 0.6) is 0 Å². The minimum absolute atomic E-state index is 0.00155. The van der Waals surface area contributed by atoms with Crippen LogP contribution in [0.1, 0.15) is 18.9 Å². The van der Waals surface area contributed by atoms with E-state index in [2.05, 4.69) is 0 Å². The molecule has 0 radical (unpaired) electrons. The number of hydrogen-bond acceptors (Lipinski definition) is 5. The van der Waals surface area contributed by atoms with E-state index in [4.69, 9.17) is 14.2 Å².